The largest absolute Gasteiger partial charge is 0.496 e. The van der Waals surface area contributed by atoms with E-state index in [1.165, 1.54) is 13.2 Å². The van der Waals surface area contributed by atoms with Crippen molar-refractivity contribution in [2.75, 3.05) is 7.11 Å². The molecule has 0 aromatic heterocycles. The van der Waals surface area contributed by atoms with E-state index in [9.17, 15) is 10.1 Å². The van der Waals surface area contributed by atoms with Crippen molar-refractivity contribution in [2.45, 2.75) is 6.61 Å². The summed E-state index contributed by atoms with van der Waals surface area (Å²) in [5.41, 5.74) is 1.11. The molecule has 0 amide bonds. The third kappa shape index (κ3) is 2.80. The summed E-state index contributed by atoms with van der Waals surface area (Å²) in [7, 11) is 1.45. The summed E-state index contributed by atoms with van der Waals surface area (Å²) in [6, 6.07) is 3.37. The van der Waals surface area contributed by atoms with Gasteiger partial charge in [-0.3, -0.25) is 10.1 Å². The Hall–Kier alpha value is -1.40. The first-order valence-electron chi connectivity index (χ1n) is 4.38. The molecule has 0 aliphatic heterocycles. The standard InChI is InChI=1S/C10H10BrNO4/c1-16-10-7(4-5-12(14)15)2-3-9(11)8(10)6-13/h2-5,13H,6H2,1H3. The molecule has 86 valence electrons. The zero-order valence-electron chi connectivity index (χ0n) is 8.51. The van der Waals surface area contributed by atoms with Crippen molar-refractivity contribution in [2.24, 2.45) is 0 Å². The fourth-order valence-electron chi connectivity index (χ4n) is 1.28. The summed E-state index contributed by atoms with van der Waals surface area (Å²) in [6.07, 6.45) is 2.15. The second-order valence-corrected chi connectivity index (χ2v) is 3.76. The molecule has 0 saturated heterocycles. The van der Waals surface area contributed by atoms with Gasteiger partial charge in [0.25, 0.3) is 0 Å². The maximum Gasteiger partial charge on any atom is 0.235 e. The number of aliphatic hydroxyl groups is 1. The maximum atomic E-state index is 10.2. The number of benzene rings is 1. The highest BCUT2D eigenvalue weighted by Crippen LogP contribution is 2.31. The number of hydrogen-bond donors (Lipinski definition) is 1. The van der Waals surface area contributed by atoms with Gasteiger partial charge in [0.15, 0.2) is 0 Å². The topological polar surface area (TPSA) is 72.6 Å². The molecule has 1 rings (SSSR count). The van der Waals surface area contributed by atoms with Crippen LogP contribution in [0.5, 0.6) is 5.75 Å². The number of aliphatic hydroxyl groups excluding tert-OH is 1. The highest BCUT2D eigenvalue weighted by Gasteiger charge is 2.10. The van der Waals surface area contributed by atoms with Crippen LogP contribution in [0.1, 0.15) is 11.1 Å². The predicted octanol–water partition coefficient (Wildman–Crippen LogP) is 2.20. The molecule has 0 saturated carbocycles. The average Bonchev–Trinajstić information content (AvgIpc) is 2.26. The first-order chi connectivity index (χ1) is 7.60. The van der Waals surface area contributed by atoms with E-state index in [0.717, 1.165) is 6.20 Å². The molecule has 0 radical (unpaired) electrons. The summed E-state index contributed by atoms with van der Waals surface area (Å²) >= 11 is 3.26. The first kappa shape index (κ1) is 12.7. The molecular formula is C10H10BrNO4. The van der Waals surface area contributed by atoms with E-state index in [2.05, 4.69) is 15.9 Å². The Morgan fingerprint density at radius 2 is 2.31 bits per heavy atom. The molecule has 5 nitrogen and oxygen atoms in total. The quantitative estimate of drug-likeness (QED) is 0.681. The second kappa shape index (κ2) is 5.62. The van der Waals surface area contributed by atoms with E-state index in [4.69, 9.17) is 9.84 Å². The van der Waals surface area contributed by atoms with Crippen molar-refractivity contribution >= 4 is 22.0 Å². The Labute approximate surface area is 101 Å². The van der Waals surface area contributed by atoms with Crippen LogP contribution in [-0.2, 0) is 6.61 Å². The van der Waals surface area contributed by atoms with Crippen molar-refractivity contribution in [1.82, 2.24) is 0 Å². The van der Waals surface area contributed by atoms with E-state index >= 15 is 0 Å². The fraction of sp³-hybridized carbons (Fsp3) is 0.200. The highest BCUT2D eigenvalue weighted by molar-refractivity contribution is 9.10. The summed E-state index contributed by atoms with van der Waals surface area (Å²) in [4.78, 5) is 9.66. The first-order valence-corrected chi connectivity index (χ1v) is 5.17. The van der Waals surface area contributed by atoms with Crippen LogP contribution < -0.4 is 4.74 Å². The fourth-order valence-corrected chi connectivity index (χ4v) is 1.72. The van der Waals surface area contributed by atoms with Gasteiger partial charge in [0.1, 0.15) is 5.75 Å². The third-order valence-electron chi connectivity index (χ3n) is 1.97. The molecule has 6 heteroatoms. The second-order valence-electron chi connectivity index (χ2n) is 2.91. The molecule has 1 aromatic rings. The van der Waals surface area contributed by atoms with Gasteiger partial charge in [-0.15, -0.1) is 0 Å². The van der Waals surface area contributed by atoms with Crippen LogP contribution in [-0.4, -0.2) is 17.1 Å². The Morgan fingerprint density at radius 1 is 1.62 bits per heavy atom. The molecule has 0 spiro atoms. The average molecular weight is 288 g/mol. The third-order valence-corrected chi connectivity index (χ3v) is 2.71. The Morgan fingerprint density at radius 3 is 2.81 bits per heavy atom. The zero-order valence-corrected chi connectivity index (χ0v) is 10.1. The number of nitrogens with zero attached hydrogens (tertiary/aromatic N) is 1. The van der Waals surface area contributed by atoms with Gasteiger partial charge >= 0.3 is 0 Å². The molecule has 0 heterocycles. The van der Waals surface area contributed by atoms with E-state index in [-0.39, 0.29) is 6.61 Å². The molecule has 0 unspecified atom stereocenters. The number of methoxy groups -OCH3 is 1. The molecule has 1 N–H and O–H groups in total. The van der Waals surface area contributed by atoms with Crippen LogP contribution in [0.15, 0.2) is 22.8 Å². The van der Waals surface area contributed by atoms with Crippen LogP contribution in [0.25, 0.3) is 6.08 Å². The lowest BCUT2D eigenvalue weighted by Gasteiger charge is -2.10. The van der Waals surface area contributed by atoms with Crippen molar-refractivity contribution in [1.29, 1.82) is 0 Å². The lowest BCUT2D eigenvalue weighted by molar-refractivity contribution is -0.400. The van der Waals surface area contributed by atoms with Crippen molar-refractivity contribution in [3.8, 4) is 5.75 Å². The van der Waals surface area contributed by atoms with Crippen molar-refractivity contribution < 1.29 is 14.8 Å². The lowest BCUT2D eigenvalue weighted by Crippen LogP contribution is -1.96. The highest BCUT2D eigenvalue weighted by atomic mass is 79.9. The van der Waals surface area contributed by atoms with Gasteiger partial charge in [-0.05, 0) is 12.1 Å². The number of rotatable bonds is 4. The van der Waals surface area contributed by atoms with Gasteiger partial charge in [-0.25, -0.2) is 0 Å². The normalized spacial score (nSPS) is 10.7. The molecule has 0 aliphatic carbocycles. The van der Waals surface area contributed by atoms with Gasteiger partial charge in [0, 0.05) is 21.7 Å². The monoisotopic (exact) mass is 287 g/mol. The minimum atomic E-state index is -0.555. The smallest absolute Gasteiger partial charge is 0.235 e. The Balaban J connectivity index is 3.24. The van der Waals surface area contributed by atoms with Gasteiger partial charge < -0.3 is 9.84 Å². The van der Waals surface area contributed by atoms with Gasteiger partial charge in [-0.2, -0.15) is 0 Å². The Bertz CT molecular complexity index is 431. The number of hydrogen-bond acceptors (Lipinski definition) is 4. The zero-order chi connectivity index (χ0) is 12.1. The van der Waals surface area contributed by atoms with E-state index < -0.39 is 4.92 Å². The molecule has 0 fully saturated rings. The van der Waals surface area contributed by atoms with Crippen molar-refractivity contribution in [3.05, 3.63) is 44.0 Å². The Kier molecular flexibility index (Phi) is 4.45. The summed E-state index contributed by atoms with van der Waals surface area (Å²) in [6.45, 7) is -0.204. The van der Waals surface area contributed by atoms with Crippen LogP contribution in [0, 0.1) is 10.1 Å². The van der Waals surface area contributed by atoms with Gasteiger partial charge in [0.05, 0.1) is 18.6 Å². The number of ether oxygens (including phenoxy) is 1. The van der Waals surface area contributed by atoms with Crippen LogP contribution in [0.4, 0.5) is 0 Å². The molecule has 0 atom stereocenters. The number of nitro groups is 1. The SMILES string of the molecule is COc1c(C=C[N+](=O)[O-])ccc(Br)c1CO. The predicted molar refractivity (Wildman–Crippen MR) is 62.6 cm³/mol. The van der Waals surface area contributed by atoms with Gasteiger partial charge in [0.2, 0.25) is 6.20 Å². The lowest BCUT2D eigenvalue weighted by atomic mass is 10.1. The van der Waals surface area contributed by atoms with Gasteiger partial charge in [-0.1, -0.05) is 15.9 Å². The summed E-state index contributed by atoms with van der Waals surface area (Å²) in [5, 5.41) is 19.4. The minimum absolute atomic E-state index is 0.204. The summed E-state index contributed by atoms with van der Waals surface area (Å²) < 4.78 is 5.82. The van der Waals surface area contributed by atoms with Crippen LogP contribution in [0.3, 0.4) is 0 Å². The minimum Gasteiger partial charge on any atom is -0.496 e. The van der Waals surface area contributed by atoms with E-state index in [1.807, 2.05) is 0 Å². The van der Waals surface area contributed by atoms with E-state index in [0.29, 0.717) is 21.3 Å². The van der Waals surface area contributed by atoms with Crippen LogP contribution in [0.2, 0.25) is 0 Å². The van der Waals surface area contributed by atoms with Crippen molar-refractivity contribution in [3.63, 3.8) is 0 Å². The molecular weight excluding hydrogens is 278 g/mol. The number of halogens is 1. The molecule has 0 bridgehead atoms. The maximum absolute atomic E-state index is 10.2. The summed E-state index contributed by atoms with van der Waals surface area (Å²) in [5.74, 6) is 0.426. The van der Waals surface area contributed by atoms with E-state index in [1.54, 1.807) is 12.1 Å². The van der Waals surface area contributed by atoms with Crippen LogP contribution >= 0.6 is 15.9 Å². The molecule has 1 aromatic carbocycles. The molecule has 16 heavy (non-hydrogen) atoms. The molecule has 0 aliphatic rings.